The first kappa shape index (κ1) is 30.3. The molecule has 55 heavy (non-hydrogen) atoms. The monoisotopic (exact) mass is 720 g/mol. The number of fused-ring (bicyclic) bond motifs is 10. The highest BCUT2D eigenvalue weighted by Gasteiger charge is 2.21. The summed E-state index contributed by atoms with van der Waals surface area (Å²) in [5.74, 6) is 0.703. The van der Waals surface area contributed by atoms with Crippen molar-refractivity contribution in [3.05, 3.63) is 170 Å². The van der Waals surface area contributed by atoms with Crippen molar-refractivity contribution in [1.29, 1.82) is 0 Å². The van der Waals surface area contributed by atoms with E-state index in [9.17, 15) is 0 Å². The number of para-hydroxylation sites is 3. The Labute approximate surface area is 318 Å². The molecule has 5 aromatic heterocycles. The Morgan fingerprint density at radius 1 is 0.491 bits per heavy atom. The van der Waals surface area contributed by atoms with Gasteiger partial charge >= 0.3 is 0 Å². The molecule has 5 nitrogen and oxygen atoms in total. The summed E-state index contributed by atoms with van der Waals surface area (Å²) in [5, 5.41) is 8.02. The standard InChI is InChI=1S/C49H28N4OS/c1-2-10-29(11-3-1)47-36-14-4-7-15-41(36)51-49(52-47)40-27-32(26-39-35-22-23-50-28-46(35)55-48(39)40)53-42-16-8-5-12-33(42)37-24-30(18-20-43(37)53)31-19-21-45-38(25-31)34-13-6-9-17-44(34)54-45/h1-28H. The lowest BCUT2D eigenvalue weighted by Crippen LogP contribution is -1.98. The quantitative estimate of drug-likeness (QED) is 0.182. The molecule has 0 bridgehead atoms. The molecule has 0 radical (unpaired) electrons. The van der Waals surface area contributed by atoms with Crippen LogP contribution in [0.5, 0.6) is 0 Å². The number of hydrogen-bond donors (Lipinski definition) is 0. The number of nitrogens with zero attached hydrogens (tertiary/aromatic N) is 4. The van der Waals surface area contributed by atoms with Gasteiger partial charge in [-0.05, 0) is 71.8 Å². The molecule has 0 aliphatic carbocycles. The van der Waals surface area contributed by atoms with Crippen molar-refractivity contribution in [2.75, 3.05) is 0 Å². The van der Waals surface area contributed by atoms with Crippen LogP contribution in [0.25, 0.3) is 114 Å². The first-order valence-corrected chi connectivity index (χ1v) is 19.1. The average molecular weight is 721 g/mol. The molecule has 0 N–H and O–H groups in total. The summed E-state index contributed by atoms with van der Waals surface area (Å²) < 4.78 is 10.8. The van der Waals surface area contributed by atoms with Crippen LogP contribution in [0.1, 0.15) is 0 Å². The van der Waals surface area contributed by atoms with Gasteiger partial charge in [0.05, 0.1) is 26.9 Å². The van der Waals surface area contributed by atoms with Gasteiger partial charge in [0.15, 0.2) is 5.82 Å². The topological polar surface area (TPSA) is 56.7 Å². The lowest BCUT2D eigenvalue weighted by molar-refractivity contribution is 0.669. The second kappa shape index (κ2) is 11.7. The van der Waals surface area contributed by atoms with E-state index in [2.05, 4.69) is 143 Å². The zero-order valence-corrected chi connectivity index (χ0v) is 30.1. The molecule has 0 amide bonds. The van der Waals surface area contributed by atoms with Crippen molar-refractivity contribution >= 4 is 86.2 Å². The van der Waals surface area contributed by atoms with Crippen LogP contribution in [-0.4, -0.2) is 19.5 Å². The number of thiophene rings is 1. The van der Waals surface area contributed by atoms with Crippen molar-refractivity contribution in [2.24, 2.45) is 0 Å². The molecule has 0 spiro atoms. The molecule has 6 heteroatoms. The van der Waals surface area contributed by atoms with Crippen LogP contribution in [0.3, 0.4) is 0 Å². The normalized spacial score (nSPS) is 12.0. The molecule has 0 fully saturated rings. The predicted molar refractivity (Wildman–Crippen MR) is 228 cm³/mol. The van der Waals surface area contributed by atoms with E-state index < -0.39 is 0 Å². The molecule has 7 aromatic carbocycles. The minimum absolute atomic E-state index is 0.703. The van der Waals surface area contributed by atoms with Crippen LogP contribution < -0.4 is 0 Å². The molecule has 0 atom stereocenters. The van der Waals surface area contributed by atoms with E-state index in [1.165, 1.54) is 16.2 Å². The SMILES string of the molecule is c1ccc(-c2nc(-c3cc(-n4c5ccccc5c5cc(-c6ccc7oc8ccccc8c7c6)ccc54)cc4c3sc3cnccc34)nc3ccccc23)cc1. The number of aromatic nitrogens is 4. The van der Waals surface area contributed by atoms with Crippen molar-refractivity contribution in [2.45, 2.75) is 0 Å². The van der Waals surface area contributed by atoms with Crippen LogP contribution in [-0.2, 0) is 0 Å². The third-order valence-electron chi connectivity index (χ3n) is 10.9. The Bertz CT molecular complexity index is 3500. The van der Waals surface area contributed by atoms with Gasteiger partial charge in [0, 0.05) is 71.6 Å². The molecule has 0 saturated carbocycles. The first-order valence-electron chi connectivity index (χ1n) is 18.3. The van der Waals surface area contributed by atoms with Crippen LogP contribution in [0.4, 0.5) is 0 Å². The van der Waals surface area contributed by atoms with Gasteiger partial charge < -0.3 is 8.98 Å². The van der Waals surface area contributed by atoms with E-state index in [1.54, 1.807) is 11.3 Å². The molecule has 0 saturated heterocycles. The molecular formula is C49H28N4OS. The Balaban J connectivity index is 1.11. The molecule has 0 aliphatic heterocycles. The van der Waals surface area contributed by atoms with E-state index in [4.69, 9.17) is 14.4 Å². The van der Waals surface area contributed by atoms with Crippen molar-refractivity contribution in [3.63, 3.8) is 0 Å². The third kappa shape index (κ3) is 4.62. The summed E-state index contributed by atoms with van der Waals surface area (Å²) in [4.78, 5) is 15.1. The fourth-order valence-corrected chi connectivity index (χ4v) is 9.52. The number of pyridine rings is 1. The highest BCUT2D eigenvalue weighted by atomic mass is 32.1. The van der Waals surface area contributed by atoms with Gasteiger partial charge in [-0.2, -0.15) is 0 Å². The maximum absolute atomic E-state index is 6.15. The first-order chi connectivity index (χ1) is 27.2. The lowest BCUT2D eigenvalue weighted by Gasteiger charge is -2.13. The predicted octanol–water partition coefficient (Wildman–Crippen LogP) is 13.4. The number of benzene rings is 7. The molecule has 12 aromatic rings. The Kier molecular flexibility index (Phi) is 6.44. The fraction of sp³-hybridized carbons (Fsp3) is 0. The van der Waals surface area contributed by atoms with Gasteiger partial charge in [-0.3, -0.25) is 4.98 Å². The highest BCUT2D eigenvalue weighted by molar-refractivity contribution is 7.26. The second-order valence-electron chi connectivity index (χ2n) is 14.0. The van der Waals surface area contributed by atoms with E-state index in [1.807, 2.05) is 36.7 Å². The van der Waals surface area contributed by atoms with Crippen molar-refractivity contribution in [3.8, 4) is 39.5 Å². The van der Waals surface area contributed by atoms with Crippen LogP contribution in [0.15, 0.2) is 175 Å². The average Bonchev–Trinajstić information content (AvgIpc) is 3.92. The van der Waals surface area contributed by atoms with Crippen LogP contribution >= 0.6 is 11.3 Å². The summed E-state index contributed by atoms with van der Waals surface area (Å²) in [6, 6.07) is 55.7. The Morgan fingerprint density at radius 3 is 2.13 bits per heavy atom. The van der Waals surface area contributed by atoms with Crippen molar-refractivity contribution in [1.82, 2.24) is 19.5 Å². The van der Waals surface area contributed by atoms with Crippen LogP contribution in [0.2, 0.25) is 0 Å². The number of furan rings is 1. The largest absolute Gasteiger partial charge is 0.456 e. The van der Waals surface area contributed by atoms with Crippen molar-refractivity contribution < 1.29 is 4.42 Å². The molecular weight excluding hydrogens is 693 g/mol. The fourth-order valence-electron chi connectivity index (χ4n) is 8.36. The second-order valence-corrected chi connectivity index (χ2v) is 15.1. The maximum Gasteiger partial charge on any atom is 0.161 e. The van der Waals surface area contributed by atoms with Gasteiger partial charge in [-0.25, -0.2) is 9.97 Å². The zero-order valence-electron chi connectivity index (χ0n) is 29.3. The summed E-state index contributed by atoms with van der Waals surface area (Å²) in [6.45, 7) is 0. The summed E-state index contributed by atoms with van der Waals surface area (Å²) in [7, 11) is 0. The maximum atomic E-state index is 6.15. The van der Waals surface area contributed by atoms with Gasteiger partial charge in [0.1, 0.15) is 11.2 Å². The van der Waals surface area contributed by atoms with E-state index >= 15 is 0 Å². The molecule has 256 valence electrons. The Hall–Kier alpha value is -7.15. The number of rotatable bonds is 4. The molecule has 5 heterocycles. The third-order valence-corrected chi connectivity index (χ3v) is 12.1. The van der Waals surface area contributed by atoms with Gasteiger partial charge in [-0.15, -0.1) is 11.3 Å². The smallest absolute Gasteiger partial charge is 0.161 e. The van der Waals surface area contributed by atoms with E-state index in [0.29, 0.717) is 5.82 Å². The molecule has 12 rings (SSSR count). The molecule has 0 aliphatic rings. The summed E-state index contributed by atoms with van der Waals surface area (Å²) >= 11 is 1.75. The minimum Gasteiger partial charge on any atom is -0.456 e. The van der Waals surface area contributed by atoms with E-state index in [0.717, 1.165) is 92.3 Å². The van der Waals surface area contributed by atoms with Gasteiger partial charge in [-0.1, -0.05) is 97.1 Å². The summed E-state index contributed by atoms with van der Waals surface area (Å²) in [5.41, 5.74) is 11.4. The minimum atomic E-state index is 0.703. The molecule has 0 unspecified atom stereocenters. The highest BCUT2D eigenvalue weighted by Crippen LogP contribution is 2.44. The summed E-state index contributed by atoms with van der Waals surface area (Å²) in [6.07, 6.45) is 3.85. The zero-order chi connectivity index (χ0) is 36.0. The number of hydrogen-bond acceptors (Lipinski definition) is 5. The van der Waals surface area contributed by atoms with Gasteiger partial charge in [0.2, 0.25) is 0 Å². The van der Waals surface area contributed by atoms with E-state index in [-0.39, 0.29) is 0 Å². The Morgan fingerprint density at radius 2 is 1.22 bits per heavy atom. The van der Waals surface area contributed by atoms with Crippen LogP contribution in [0, 0.1) is 0 Å². The van der Waals surface area contributed by atoms with Gasteiger partial charge in [0.25, 0.3) is 0 Å². The lowest BCUT2D eigenvalue weighted by atomic mass is 10.0.